The minimum absolute atomic E-state index is 0.0469. The second kappa shape index (κ2) is 9.15. The lowest BCUT2D eigenvalue weighted by Crippen LogP contribution is -2.55. The van der Waals surface area contributed by atoms with Crippen molar-refractivity contribution in [2.75, 3.05) is 56.8 Å². The van der Waals surface area contributed by atoms with E-state index in [4.69, 9.17) is 9.47 Å². The van der Waals surface area contributed by atoms with Gasteiger partial charge in [0.15, 0.2) is 31.2 Å². The number of sulfone groups is 2. The Labute approximate surface area is 195 Å². The van der Waals surface area contributed by atoms with Crippen molar-refractivity contribution in [3.05, 3.63) is 48.0 Å². The summed E-state index contributed by atoms with van der Waals surface area (Å²) < 4.78 is 62.7. The normalized spacial score (nSPS) is 23.4. The molecule has 4 rings (SSSR count). The maximum atomic E-state index is 13.6. The Hall–Kier alpha value is -2.30. The molecule has 2 fully saturated rings. The van der Waals surface area contributed by atoms with Crippen LogP contribution >= 0.6 is 0 Å². The average Bonchev–Trinajstić information content (AvgIpc) is 3.15. The molecule has 0 aliphatic carbocycles. The van der Waals surface area contributed by atoms with Gasteiger partial charge in [0.2, 0.25) is 0 Å². The zero-order valence-electron chi connectivity index (χ0n) is 19.1. The molecule has 0 unspecified atom stereocenters. The third-order valence-corrected chi connectivity index (χ3v) is 10.6. The molecule has 33 heavy (non-hydrogen) atoms. The number of anilines is 1. The first kappa shape index (κ1) is 23.8. The van der Waals surface area contributed by atoms with Crippen molar-refractivity contribution in [2.24, 2.45) is 0 Å². The van der Waals surface area contributed by atoms with Crippen molar-refractivity contribution in [1.82, 2.24) is 4.90 Å². The summed E-state index contributed by atoms with van der Waals surface area (Å²) in [5, 5.41) is -1.02. The van der Waals surface area contributed by atoms with Crippen LogP contribution in [0, 0.1) is 6.92 Å². The minimum atomic E-state index is -3.91. The Morgan fingerprint density at radius 3 is 2.24 bits per heavy atom. The molecule has 0 radical (unpaired) electrons. The topological polar surface area (TPSA) is 93.2 Å². The van der Waals surface area contributed by atoms with Crippen LogP contribution in [0.15, 0.2) is 47.4 Å². The first-order chi connectivity index (χ1) is 15.6. The van der Waals surface area contributed by atoms with Crippen LogP contribution in [0.5, 0.6) is 11.5 Å². The van der Waals surface area contributed by atoms with E-state index in [-0.39, 0.29) is 16.4 Å². The molecule has 2 atom stereocenters. The Kier molecular flexibility index (Phi) is 6.61. The van der Waals surface area contributed by atoms with Crippen LogP contribution in [0.1, 0.15) is 5.56 Å². The first-order valence-electron chi connectivity index (χ1n) is 10.9. The van der Waals surface area contributed by atoms with Crippen LogP contribution in [0.2, 0.25) is 0 Å². The number of hydrogen-bond donors (Lipinski definition) is 0. The van der Waals surface area contributed by atoms with E-state index >= 15 is 0 Å². The van der Waals surface area contributed by atoms with Gasteiger partial charge in [-0.25, -0.2) is 16.8 Å². The zero-order valence-corrected chi connectivity index (χ0v) is 20.7. The van der Waals surface area contributed by atoms with Crippen molar-refractivity contribution in [2.45, 2.75) is 23.1 Å². The molecule has 0 saturated carbocycles. The molecule has 2 heterocycles. The average molecular weight is 495 g/mol. The van der Waals surface area contributed by atoms with Gasteiger partial charge >= 0.3 is 0 Å². The monoisotopic (exact) mass is 494 g/mol. The summed E-state index contributed by atoms with van der Waals surface area (Å²) in [4.78, 5) is 4.33. The molecular weight excluding hydrogens is 464 g/mol. The van der Waals surface area contributed by atoms with E-state index in [1.54, 1.807) is 0 Å². The summed E-state index contributed by atoms with van der Waals surface area (Å²) in [6.45, 7) is 4.68. The van der Waals surface area contributed by atoms with Crippen molar-refractivity contribution < 1.29 is 26.3 Å². The fraction of sp³-hybridized carbons (Fsp3) is 0.478. The summed E-state index contributed by atoms with van der Waals surface area (Å²) in [5.74, 6) is 0.197. The van der Waals surface area contributed by atoms with Gasteiger partial charge in [-0.1, -0.05) is 12.1 Å². The van der Waals surface area contributed by atoms with E-state index in [9.17, 15) is 16.8 Å². The minimum Gasteiger partial charge on any atom is -0.493 e. The summed E-state index contributed by atoms with van der Waals surface area (Å²) in [7, 11) is -4.47. The molecule has 180 valence electrons. The first-order valence-corrected chi connectivity index (χ1v) is 14.2. The van der Waals surface area contributed by atoms with Crippen LogP contribution in [-0.2, 0) is 19.7 Å². The van der Waals surface area contributed by atoms with Crippen molar-refractivity contribution in [1.29, 1.82) is 0 Å². The highest BCUT2D eigenvalue weighted by Gasteiger charge is 2.48. The van der Waals surface area contributed by atoms with E-state index in [0.717, 1.165) is 5.69 Å². The number of rotatable bonds is 6. The molecular formula is C23H30N2O6S2. The lowest BCUT2D eigenvalue weighted by atomic mass is 10.1. The fourth-order valence-electron chi connectivity index (χ4n) is 4.74. The summed E-state index contributed by atoms with van der Waals surface area (Å²) in [5.41, 5.74) is 2.31. The highest BCUT2D eigenvalue weighted by Crippen LogP contribution is 2.34. The van der Waals surface area contributed by atoms with Crippen LogP contribution in [0.3, 0.4) is 0 Å². The van der Waals surface area contributed by atoms with Crippen LogP contribution in [0.4, 0.5) is 5.69 Å². The van der Waals surface area contributed by atoms with Gasteiger partial charge in [0.1, 0.15) is 0 Å². The standard InChI is InChI=1S/C23H30N2O6S2/c1-17-5-4-6-18(13-17)24-9-11-25(12-10-24)20-15-32(26,27)16-23(20)33(28,29)19-7-8-21(30-2)22(14-19)31-3/h4-8,13-14,20,23H,9-12,15-16H2,1-3H3/t20-,23-/m0/s1. The van der Waals surface area contributed by atoms with Crippen LogP contribution < -0.4 is 14.4 Å². The van der Waals surface area contributed by atoms with Crippen molar-refractivity contribution >= 4 is 25.4 Å². The molecule has 0 bridgehead atoms. The van der Waals surface area contributed by atoms with Gasteiger partial charge in [0.25, 0.3) is 0 Å². The molecule has 0 N–H and O–H groups in total. The molecule has 8 nitrogen and oxygen atoms in total. The van der Waals surface area contributed by atoms with Gasteiger partial charge in [-0.2, -0.15) is 0 Å². The van der Waals surface area contributed by atoms with E-state index in [2.05, 4.69) is 17.0 Å². The Balaban J connectivity index is 1.57. The second-order valence-corrected chi connectivity index (χ2v) is 12.9. The molecule has 0 spiro atoms. The van der Waals surface area contributed by atoms with Gasteiger partial charge in [-0.05, 0) is 36.8 Å². The number of hydrogen-bond acceptors (Lipinski definition) is 8. The lowest BCUT2D eigenvalue weighted by molar-refractivity contribution is 0.201. The molecule has 0 amide bonds. The predicted octanol–water partition coefficient (Wildman–Crippen LogP) is 1.77. The fourth-order valence-corrected chi connectivity index (χ4v) is 9.58. The third kappa shape index (κ3) is 4.83. The van der Waals surface area contributed by atoms with Gasteiger partial charge in [-0.15, -0.1) is 0 Å². The zero-order chi connectivity index (χ0) is 23.8. The highest BCUT2D eigenvalue weighted by atomic mass is 32.2. The molecule has 2 aromatic carbocycles. The Morgan fingerprint density at radius 2 is 1.61 bits per heavy atom. The molecule has 2 aliphatic heterocycles. The maximum Gasteiger partial charge on any atom is 0.183 e. The van der Waals surface area contributed by atoms with Gasteiger partial charge < -0.3 is 14.4 Å². The molecule has 2 saturated heterocycles. The van der Waals surface area contributed by atoms with Crippen molar-refractivity contribution in [3.8, 4) is 11.5 Å². The van der Waals surface area contributed by atoms with E-state index in [0.29, 0.717) is 37.7 Å². The van der Waals surface area contributed by atoms with Crippen LogP contribution in [-0.4, -0.2) is 84.9 Å². The predicted molar refractivity (Wildman–Crippen MR) is 128 cm³/mol. The third-order valence-electron chi connectivity index (χ3n) is 6.50. The number of nitrogens with zero attached hydrogens (tertiary/aromatic N) is 2. The number of piperazine rings is 1. The van der Waals surface area contributed by atoms with Crippen molar-refractivity contribution in [3.63, 3.8) is 0 Å². The summed E-state index contributed by atoms with van der Waals surface area (Å²) >= 11 is 0. The molecule has 0 aromatic heterocycles. The Bertz CT molecular complexity index is 1220. The Morgan fingerprint density at radius 1 is 0.909 bits per heavy atom. The second-order valence-electron chi connectivity index (χ2n) is 8.61. The molecule has 2 aromatic rings. The van der Waals surface area contributed by atoms with Gasteiger partial charge in [0, 0.05) is 44.0 Å². The quantitative estimate of drug-likeness (QED) is 0.600. The maximum absolute atomic E-state index is 13.6. The lowest BCUT2D eigenvalue weighted by Gasteiger charge is -2.40. The smallest absolute Gasteiger partial charge is 0.183 e. The van der Waals surface area contributed by atoms with E-state index in [1.165, 1.54) is 38.0 Å². The number of ether oxygens (including phenoxy) is 2. The number of methoxy groups -OCH3 is 2. The van der Waals surface area contributed by atoms with E-state index < -0.39 is 31.0 Å². The highest BCUT2D eigenvalue weighted by molar-refractivity contribution is 7.96. The van der Waals surface area contributed by atoms with Gasteiger partial charge in [0.05, 0.1) is 35.9 Å². The van der Waals surface area contributed by atoms with E-state index in [1.807, 2.05) is 24.0 Å². The summed E-state index contributed by atoms with van der Waals surface area (Å²) in [6, 6.07) is 12.1. The number of benzene rings is 2. The van der Waals surface area contributed by atoms with Crippen LogP contribution in [0.25, 0.3) is 0 Å². The number of aryl methyl sites for hydroxylation is 1. The SMILES string of the molecule is COc1ccc(S(=O)(=O)[C@H]2CS(=O)(=O)C[C@@H]2N2CCN(c3cccc(C)c3)CC2)cc1OC. The largest absolute Gasteiger partial charge is 0.493 e. The van der Waals surface area contributed by atoms with Gasteiger partial charge in [-0.3, -0.25) is 4.90 Å². The summed E-state index contributed by atoms with van der Waals surface area (Å²) in [6.07, 6.45) is 0. The molecule has 10 heteroatoms. The molecule has 2 aliphatic rings.